The number of rotatable bonds is 7. The highest BCUT2D eigenvalue weighted by molar-refractivity contribution is 6.70. The fourth-order valence-electron chi connectivity index (χ4n) is 2.64. The number of nitrogens with one attached hydrogen (secondary N) is 2. The van der Waals surface area contributed by atoms with Gasteiger partial charge in [0.15, 0.2) is 5.84 Å². The molecule has 27 heavy (non-hydrogen) atoms. The van der Waals surface area contributed by atoms with Gasteiger partial charge in [-0.3, -0.25) is 10.7 Å². The Labute approximate surface area is 160 Å². The molecule has 0 aliphatic carbocycles. The van der Waals surface area contributed by atoms with Crippen molar-refractivity contribution in [2.75, 3.05) is 33.8 Å². The van der Waals surface area contributed by atoms with Crippen LogP contribution in [0.1, 0.15) is 32.6 Å². The Morgan fingerprint density at radius 3 is 2.41 bits per heavy atom. The number of hydrazone groups is 1. The largest absolute Gasteiger partial charge is 0.395 e. The van der Waals surface area contributed by atoms with Gasteiger partial charge in [-0.2, -0.15) is 5.10 Å². The minimum absolute atomic E-state index is 0.0385. The van der Waals surface area contributed by atoms with Crippen LogP contribution in [-0.2, 0) is 0 Å². The van der Waals surface area contributed by atoms with Gasteiger partial charge in [-0.25, -0.2) is 10.0 Å². The second-order valence-corrected chi connectivity index (χ2v) is 7.75. The van der Waals surface area contributed by atoms with Gasteiger partial charge in [0.1, 0.15) is 17.7 Å². The summed E-state index contributed by atoms with van der Waals surface area (Å²) in [6.07, 6.45) is -0.842. The topological polar surface area (TPSA) is 108 Å². The molecular weight excluding hydrogens is 344 g/mol. The third kappa shape index (κ3) is 5.43. The van der Waals surface area contributed by atoms with Crippen LogP contribution in [0.15, 0.2) is 34.4 Å². The van der Waals surface area contributed by atoms with Gasteiger partial charge in [-0.1, -0.05) is 12.1 Å². The minimum Gasteiger partial charge on any atom is -0.395 e. The predicted molar refractivity (Wildman–Crippen MR) is 109 cm³/mol. The van der Waals surface area contributed by atoms with Crippen LogP contribution in [0, 0.1) is 5.41 Å². The molecule has 0 radical (unpaired) electrons. The third-order valence-electron chi connectivity index (χ3n) is 3.93. The van der Waals surface area contributed by atoms with Crippen LogP contribution in [-0.4, -0.2) is 76.7 Å². The van der Waals surface area contributed by atoms with Gasteiger partial charge < -0.3 is 15.1 Å². The molecule has 2 rings (SSSR count). The third-order valence-corrected chi connectivity index (χ3v) is 3.93. The number of benzene rings is 1. The lowest BCUT2D eigenvalue weighted by molar-refractivity contribution is 0.129. The van der Waals surface area contributed by atoms with E-state index in [4.69, 9.17) is 10.5 Å². The summed E-state index contributed by atoms with van der Waals surface area (Å²) in [6.45, 7) is 6.90. The quantitative estimate of drug-likeness (QED) is 0.539. The van der Waals surface area contributed by atoms with E-state index in [0.717, 1.165) is 5.71 Å². The monoisotopic (exact) mass is 374 g/mol. The van der Waals surface area contributed by atoms with Gasteiger partial charge in [0.05, 0.1) is 17.8 Å². The van der Waals surface area contributed by atoms with Crippen molar-refractivity contribution < 1.29 is 10.2 Å². The molecule has 0 amide bonds. The lowest BCUT2D eigenvalue weighted by Gasteiger charge is -2.29. The van der Waals surface area contributed by atoms with Crippen molar-refractivity contribution in [3.05, 3.63) is 29.8 Å². The molecule has 4 N–H and O–H groups in total. The number of hydrogen-bond donors (Lipinski definition) is 4. The van der Waals surface area contributed by atoms with Gasteiger partial charge in [-0.15, -0.1) is 0 Å². The van der Waals surface area contributed by atoms with E-state index in [0.29, 0.717) is 30.1 Å². The van der Waals surface area contributed by atoms with Crippen LogP contribution in [0.2, 0.25) is 0 Å². The summed E-state index contributed by atoms with van der Waals surface area (Å²) in [7, 11) is 3.91. The summed E-state index contributed by atoms with van der Waals surface area (Å²) >= 11 is 0. The first-order chi connectivity index (χ1) is 12.6. The van der Waals surface area contributed by atoms with Gasteiger partial charge in [-0.05, 0) is 52.6 Å². The Kier molecular flexibility index (Phi) is 6.83. The maximum atomic E-state index is 10.0. The average Bonchev–Trinajstić information content (AvgIpc) is 2.89. The highest BCUT2D eigenvalue weighted by Gasteiger charge is 2.35. The average molecular weight is 374 g/mol. The van der Waals surface area contributed by atoms with E-state index in [9.17, 15) is 5.11 Å². The van der Waals surface area contributed by atoms with E-state index >= 15 is 0 Å². The zero-order chi connectivity index (χ0) is 20.2. The van der Waals surface area contributed by atoms with Crippen LogP contribution >= 0.6 is 0 Å². The van der Waals surface area contributed by atoms with Crippen molar-refractivity contribution in [2.45, 2.75) is 32.5 Å². The van der Waals surface area contributed by atoms with E-state index in [1.807, 2.05) is 39.8 Å². The summed E-state index contributed by atoms with van der Waals surface area (Å²) in [6, 6.07) is 7.15. The maximum absolute atomic E-state index is 10.0. The summed E-state index contributed by atoms with van der Waals surface area (Å²) < 4.78 is 0. The predicted octanol–water partition coefficient (Wildman–Crippen LogP) is 1.34. The molecule has 148 valence electrons. The Bertz CT molecular complexity index is 719. The first kappa shape index (κ1) is 21.2. The minimum atomic E-state index is -0.842. The molecule has 1 atom stereocenters. The van der Waals surface area contributed by atoms with E-state index < -0.39 is 6.23 Å². The molecule has 0 bridgehead atoms. The molecule has 1 aromatic carbocycles. The van der Waals surface area contributed by atoms with Crippen LogP contribution in [0.5, 0.6) is 0 Å². The SMILES string of the molecule is CN(C)CC1=NN(C(C)(C)C)C(=N)C1=Nc1ccc(C(O)NCCO)cc1. The van der Waals surface area contributed by atoms with Crippen molar-refractivity contribution in [2.24, 2.45) is 10.1 Å². The molecule has 1 aliphatic heterocycles. The highest BCUT2D eigenvalue weighted by atomic mass is 16.3. The number of amidine groups is 1. The van der Waals surface area contributed by atoms with Gasteiger partial charge in [0.25, 0.3) is 0 Å². The molecule has 8 nitrogen and oxygen atoms in total. The molecule has 0 aromatic heterocycles. The molecule has 0 saturated heterocycles. The van der Waals surface area contributed by atoms with Crippen LogP contribution in [0.3, 0.4) is 0 Å². The van der Waals surface area contributed by atoms with Gasteiger partial charge in [0.2, 0.25) is 0 Å². The molecular formula is C19H30N6O2. The molecule has 0 fully saturated rings. The molecule has 1 heterocycles. The zero-order valence-corrected chi connectivity index (χ0v) is 16.7. The van der Waals surface area contributed by atoms with Gasteiger partial charge >= 0.3 is 0 Å². The molecule has 0 spiro atoms. The first-order valence-electron chi connectivity index (χ1n) is 8.96. The second kappa shape index (κ2) is 8.71. The van der Waals surface area contributed by atoms with Crippen molar-refractivity contribution in [1.82, 2.24) is 15.2 Å². The van der Waals surface area contributed by atoms with Crippen molar-refractivity contribution in [3.63, 3.8) is 0 Å². The molecule has 0 saturated carbocycles. The van der Waals surface area contributed by atoms with E-state index in [1.54, 1.807) is 29.3 Å². The normalized spacial score (nSPS) is 17.8. The van der Waals surface area contributed by atoms with E-state index in [2.05, 4.69) is 15.4 Å². The lowest BCUT2D eigenvalue weighted by atomic mass is 10.1. The number of aliphatic imine (C=N–C) groups is 1. The summed E-state index contributed by atoms with van der Waals surface area (Å²) in [5, 5.41) is 36.5. The maximum Gasteiger partial charge on any atom is 0.170 e. The lowest BCUT2D eigenvalue weighted by Crippen LogP contribution is -2.41. The fraction of sp³-hybridized carbons (Fsp3) is 0.526. The van der Waals surface area contributed by atoms with Crippen molar-refractivity contribution in [1.29, 1.82) is 5.41 Å². The van der Waals surface area contributed by atoms with Crippen LogP contribution < -0.4 is 5.32 Å². The van der Waals surface area contributed by atoms with Crippen molar-refractivity contribution >= 4 is 22.9 Å². The Hall–Kier alpha value is -2.13. The fourth-order valence-corrected chi connectivity index (χ4v) is 2.64. The van der Waals surface area contributed by atoms with Gasteiger partial charge in [0, 0.05) is 13.1 Å². The summed E-state index contributed by atoms with van der Waals surface area (Å²) in [4.78, 5) is 6.65. The molecule has 1 aromatic rings. The number of aliphatic hydroxyl groups is 2. The highest BCUT2D eigenvalue weighted by Crippen LogP contribution is 2.23. The number of hydrogen-bond acceptors (Lipinski definition) is 7. The Morgan fingerprint density at radius 1 is 1.26 bits per heavy atom. The molecule has 1 aliphatic rings. The Morgan fingerprint density at radius 2 is 1.89 bits per heavy atom. The summed E-state index contributed by atoms with van der Waals surface area (Å²) in [5.41, 5.74) is 2.39. The van der Waals surface area contributed by atoms with Crippen molar-refractivity contribution in [3.8, 4) is 0 Å². The number of nitrogens with zero attached hydrogens (tertiary/aromatic N) is 4. The standard InChI is InChI=1S/C19H30N6O2/c1-19(2,3)25-17(20)16(15(23-25)12-24(4)5)22-14-8-6-13(7-9-14)18(27)21-10-11-26/h6-9,18,20-21,26-27H,10-12H2,1-5H3. The molecule has 1 unspecified atom stereocenters. The van der Waals surface area contributed by atoms with E-state index in [-0.39, 0.29) is 18.0 Å². The smallest absolute Gasteiger partial charge is 0.170 e. The van der Waals surface area contributed by atoms with Crippen LogP contribution in [0.4, 0.5) is 5.69 Å². The zero-order valence-electron chi connectivity index (χ0n) is 16.7. The Balaban J connectivity index is 2.27. The van der Waals surface area contributed by atoms with Crippen LogP contribution in [0.25, 0.3) is 0 Å². The summed E-state index contributed by atoms with van der Waals surface area (Å²) in [5.74, 6) is 0.285. The van der Waals surface area contributed by atoms with E-state index in [1.165, 1.54) is 0 Å². The second-order valence-electron chi connectivity index (χ2n) is 7.75. The first-order valence-corrected chi connectivity index (χ1v) is 8.96. The number of aliphatic hydroxyl groups excluding tert-OH is 2. The molecule has 8 heteroatoms.